The molecular weight excluding hydrogens is 444 g/mol. The number of hydrogen-bond acceptors (Lipinski definition) is 6. The van der Waals surface area contributed by atoms with Gasteiger partial charge >= 0.3 is 5.97 Å². The predicted octanol–water partition coefficient (Wildman–Crippen LogP) is 3.96. The van der Waals surface area contributed by atoms with Crippen molar-refractivity contribution in [2.75, 3.05) is 7.11 Å². The Kier molecular flexibility index (Phi) is 6.14. The first-order valence-electron chi connectivity index (χ1n) is 9.86. The molecule has 33 heavy (non-hydrogen) atoms. The Bertz CT molecular complexity index is 1430. The van der Waals surface area contributed by atoms with Gasteiger partial charge in [0.1, 0.15) is 18.1 Å². The van der Waals surface area contributed by atoms with E-state index in [0.717, 1.165) is 15.6 Å². The van der Waals surface area contributed by atoms with Gasteiger partial charge in [-0.3, -0.25) is 4.98 Å². The van der Waals surface area contributed by atoms with Crippen LogP contribution in [-0.2, 0) is 21.4 Å². The standard InChI is InChI=1S/C24H20N2O6S/c1-31-20-5-8-23-22(14-20)18(2-9-24(27)28)15-26(23)33(29,30)21-6-3-19(4-7-21)32-16-17-10-12-25-13-11-17/h2-15H,16H2,1H3,(H,27,28)/b9-2+. The van der Waals surface area contributed by atoms with Gasteiger partial charge in [-0.25, -0.2) is 17.2 Å². The van der Waals surface area contributed by atoms with Crippen molar-refractivity contribution in [2.24, 2.45) is 0 Å². The minimum absolute atomic E-state index is 0.0697. The molecule has 0 fully saturated rings. The molecular formula is C24H20N2O6S. The number of carbonyl (C=O) groups is 1. The molecule has 0 saturated heterocycles. The first-order chi connectivity index (χ1) is 15.9. The fourth-order valence-corrected chi connectivity index (χ4v) is 4.67. The molecule has 0 aliphatic heterocycles. The molecule has 2 aromatic heterocycles. The lowest BCUT2D eigenvalue weighted by Crippen LogP contribution is -2.11. The van der Waals surface area contributed by atoms with Crippen molar-refractivity contribution in [1.82, 2.24) is 8.96 Å². The summed E-state index contributed by atoms with van der Waals surface area (Å²) in [6, 6.07) is 14.7. The van der Waals surface area contributed by atoms with E-state index in [4.69, 9.17) is 14.6 Å². The molecule has 0 radical (unpaired) electrons. The zero-order chi connectivity index (χ0) is 23.4. The van der Waals surface area contributed by atoms with Crippen LogP contribution in [0.1, 0.15) is 11.1 Å². The Balaban J connectivity index is 1.67. The number of methoxy groups -OCH3 is 1. The molecule has 0 amide bonds. The highest BCUT2D eigenvalue weighted by atomic mass is 32.2. The monoisotopic (exact) mass is 464 g/mol. The Morgan fingerprint density at radius 2 is 1.76 bits per heavy atom. The van der Waals surface area contributed by atoms with Gasteiger partial charge in [0.05, 0.1) is 17.5 Å². The molecule has 1 N–H and O–H groups in total. The number of rotatable bonds is 8. The van der Waals surface area contributed by atoms with Crippen molar-refractivity contribution in [1.29, 1.82) is 0 Å². The van der Waals surface area contributed by atoms with Gasteiger partial charge in [-0.1, -0.05) is 0 Å². The van der Waals surface area contributed by atoms with Crippen LogP contribution in [0.15, 0.2) is 84.2 Å². The van der Waals surface area contributed by atoms with Crippen LogP contribution in [0.4, 0.5) is 0 Å². The maximum absolute atomic E-state index is 13.4. The number of pyridine rings is 1. The van der Waals surface area contributed by atoms with Gasteiger partial charge in [0.2, 0.25) is 0 Å². The zero-order valence-corrected chi connectivity index (χ0v) is 18.4. The van der Waals surface area contributed by atoms with E-state index in [1.807, 2.05) is 12.1 Å². The van der Waals surface area contributed by atoms with Crippen LogP contribution in [0, 0.1) is 0 Å². The molecule has 0 unspecified atom stereocenters. The quantitative estimate of drug-likeness (QED) is 0.393. The molecule has 0 bridgehead atoms. The van der Waals surface area contributed by atoms with Crippen molar-refractivity contribution in [3.63, 3.8) is 0 Å². The molecule has 2 aromatic carbocycles. The average Bonchev–Trinajstić information content (AvgIpc) is 3.21. The predicted molar refractivity (Wildman–Crippen MR) is 123 cm³/mol. The topological polar surface area (TPSA) is 108 Å². The van der Waals surface area contributed by atoms with Gasteiger partial charge in [-0.2, -0.15) is 0 Å². The molecule has 168 valence electrons. The second kappa shape index (κ2) is 9.17. The molecule has 0 atom stereocenters. The summed E-state index contributed by atoms with van der Waals surface area (Å²) in [6.45, 7) is 0.331. The number of carboxylic acid groups (broad SMARTS) is 1. The van der Waals surface area contributed by atoms with Crippen LogP contribution in [-0.4, -0.2) is 35.6 Å². The molecule has 0 saturated carbocycles. The number of benzene rings is 2. The van der Waals surface area contributed by atoms with E-state index in [2.05, 4.69) is 4.98 Å². The van der Waals surface area contributed by atoms with Crippen LogP contribution in [0.3, 0.4) is 0 Å². The van der Waals surface area contributed by atoms with E-state index in [-0.39, 0.29) is 4.90 Å². The van der Waals surface area contributed by atoms with Gasteiger partial charge in [-0.15, -0.1) is 0 Å². The highest BCUT2D eigenvalue weighted by Gasteiger charge is 2.21. The molecule has 0 aliphatic carbocycles. The number of aromatic nitrogens is 2. The maximum Gasteiger partial charge on any atom is 0.328 e. The molecule has 4 aromatic rings. The van der Waals surface area contributed by atoms with Crippen molar-refractivity contribution in [3.8, 4) is 11.5 Å². The van der Waals surface area contributed by atoms with Crippen LogP contribution in [0.5, 0.6) is 11.5 Å². The lowest BCUT2D eigenvalue weighted by molar-refractivity contribution is -0.131. The van der Waals surface area contributed by atoms with E-state index in [1.165, 1.54) is 31.5 Å². The van der Waals surface area contributed by atoms with E-state index < -0.39 is 16.0 Å². The Morgan fingerprint density at radius 1 is 1.06 bits per heavy atom. The summed E-state index contributed by atoms with van der Waals surface area (Å²) in [5.41, 5.74) is 1.78. The van der Waals surface area contributed by atoms with E-state index >= 15 is 0 Å². The summed E-state index contributed by atoms with van der Waals surface area (Å²) in [5.74, 6) is -0.0831. The molecule has 2 heterocycles. The molecule has 9 heteroatoms. The summed E-state index contributed by atoms with van der Waals surface area (Å²) >= 11 is 0. The van der Waals surface area contributed by atoms with E-state index in [9.17, 15) is 13.2 Å². The number of hydrogen-bond donors (Lipinski definition) is 1. The third kappa shape index (κ3) is 4.73. The van der Waals surface area contributed by atoms with Crippen LogP contribution in [0.2, 0.25) is 0 Å². The van der Waals surface area contributed by atoms with Crippen molar-refractivity contribution >= 4 is 33.0 Å². The van der Waals surface area contributed by atoms with E-state index in [1.54, 1.807) is 42.7 Å². The number of nitrogens with zero attached hydrogens (tertiary/aromatic N) is 2. The minimum atomic E-state index is -3.96. The Hall–Kier alpha value is -4.11. The lowest BCUT2D eigenvalue weighted by atomic mass is 10.1. The SMILES string of the molecule is COc1ccc2c(c1)c(/C=C/C(=O)O)cn2S(=O)(=O)c1ccc(OCc2ccncc2)cc1. The van der Waals surface area contributed by atoms with Crippen molar-refractivity contribution < 1.29 is 27.8 Å². The van der Waals surface area contributed by atoms with Gasteiger partial charge in [0.15, 0.2) is 0 Å². The van der Waals surface area contributed by atoms with Gasteiger partial charge in [0, 0.05) is 35.6 Å². The second-order valence-corrected chi connectivity index (χ2v) is 8.87. The van der Waals surface area contributed by atoms with Crippen LogP contribution < -0.4 is 9.47 Å². The van der Waals surface area contributed by atoms with Crippen molar-refractivity contribution in [2.45, 2.75) is 11.5 Å². The molecule has 0 spiro atoms. The van der Waals surface area contributed by atoms with Gasteiger partial charge in [0.25, 0.3) is 10.0 Å². The minimum Gasteiger partial charge on any atom is -0.497 e. The summed E-state index contributed by atoms with van der Waals surface area (Å²) < 4.78 is 38.9. The Labute approximate surface area is 190 Å². The average molecular weight is 464 g/mol. The first kappa shape index (κ1) is 22.1. The highest BCUT2D eigenvalue weighted by Crippen LogP contribution is 2.30. The largest absolute Gasteiger partial charge is 0.497 e. The summed E-state index contributed by atoms with van der Waals surface area (Å²) in [7, 11) is -2.46. The maximum atomic E-state index is 13.4. The highest BCUT2D eigenvalue weighted by molar-refractivity contribution is 7.90. The first-order valence-corrected chi connectivity index (χ1v) is 11.3. The number of carboxylic acids is 1. The van der Waals surface area contributed by atoms with Crippen LogP contribution in [0.25, 0.3) is 17.0 Å². The smallest absolute Gasteiger partial charge is 0.328 e. The molecule has 8 nitrogen and oxygen atoms in total. The molecule has 0 aliphatic rings. The lowest BCUT2D eigenvalue weighted by Gasteiger charge is -2.10. The molecule has 4 rings (SSSR count). The summed E-state index contributed by atoms with van der Waals surface area (Å²) in [6.07, 6.45) is 7.05. The van der Waals surface area contributed by atoms with E-state index in [0.29, 0.717) is 34.6 Å². The van der Waals surface area contributed by atoms with Crippen LogP contribution >= 0.6 is 0 Å². The third-order valence-electron chi connectivity index (χ3n) is 4.95. The second-order valence-electron chi connectivity index (χ2n) is 7.06. The normalized spacial score (nSPS) is 11.7. The fraction of sp³-hybridized carbons (Fsp3) is 0.0833. The fourth-order valence-electron chi connectivity index (χ4n) is 3.29. The third-order valence-corrected chi connectivity index (χ3v) is 6.64. The Morgan fingerprint density at radius 3 is 2.42 bits per heavy atom. The summed E-state index contributed by atoms with van der Waals surface area (Å²) in [4.78, 5) is 15.0. The number of fused-ring (bicyclic) bond motifs is 1. The number of aliphatic carboxylic acids is 1. The number of ether oxygens (including phenoxy) is 2. The van der Waals surface area contributed by atoms with Crippen molar-refractivity contribution in [3.05, 3.63) is 90.4 Å². The zero-order valence-electron chi connectivity index (χ0n) is 17.6. The van der Waals surface area contributed by atoms with Gasteiger partial charge in [-0.05, 0) is 66.2 Å². The summed E-state index contributed by atoms with van der Waals surface area (Å²) in [5, 5.41) is 9.53. The van der Waals surface area contributed by atoms with Gasteiger partial charge < -0.3 is 14.6 Å².